The predicted molar refractivity (Wildman–Crippen MR) is 112 cm³/mol. The first-order chi connectivity index (χ1) is 13.3. The topological polar surface area (TPSA) is 42.2 Å². The van der Waals surface area contributed by atoms with E-state index in [1.165, 1.54) is 15.3 Å². The Bertz CT molecular complexity index is 1060. The third-order valence-electron chi connectivity index (χ3n) is 4.79. The van der Waals surface area contributed by atoms with E-state index in [-0.39, 0.29) is 6.04 Å². The van der Waals surface area contributed by atoms with Crippen LogP contribution in [0.5, 0.6) is 0 Å². The standard InChI is InChI=1S/C20H16BrN3OS2/c21-15-5-2-1-4-13(15)20-23-22-18(25-20)12-24-9-7-16-14(8-11-27-16)19(24)17-6-3-10-26-17/h1-6,8,10-11,19H,7,9,12H2. The van der Waals surface area contributed by atoms with Crippen molar-refractivity contribution in [2.75, 3.05) is 6.54 Å². The van der Waals surface area contributed by atoms with E-state index in [1.807, 2.05) is 35.6 Å². The number of benzene rings is 1. The number of nitrogens with zero attached hydrogens (tertiary/aromatic N) is 3. The lowest BCUT2D eigenvalue weighted by atomic mass is 9.98. The molecule has 3 aromatic heterocycles. The molecule has 4 aromatic rings. The summed E-state index contributed by atoms with van der Waals surface area (Å²) in [5, 5.41) is 12.9. The second-order valence-corrected chi connectivity index (χ2v) is 9.25. The first-order valence-corrected chi connectivity index (χ1v) is 11.3. The molecule has 136 valence electrons. The predicted octanol–water partition coefficient (Wildman–Crippen LogP) is 5.77. The van der Waals surface area contributed by atoms with Crippen LogP contribution in [0.25, 0.3) is 11.5 Å². The number of halogens is 1. The minimum Gasteiger partial charge on any atom is -0.419 e. The monoisotopic (exact) mass is 457 g/mol. The molecule has 0 amide bonds. The summed E-state index contributed by atoms with van der Waals surface area (Å²) in [6, 6.07) is 14.8. The van der Waals surface area contributed by atoms with E-state index in [9.17, 15) is 0 Å². The van der Waals surface area contributed by atoms with Crippen molar-refractivity contribution in [3.8, 4) is 11.5 Å². The second-order valence-electron chi connectivity index (χ2n) is 6.42. The zero-order chi connectivity index (χ0) is 18.2. The number of fused-ring (bicyclic) bond motifs is 1. The van der Waals surface area contributed by atoms with Crippen LogP contribution in [0.15, 0.2) is 62.1 Å². The highest BCUT2D eigenvalue weighted by atomic mass is 79.9. The summed E-state index contributed by atoms with van der Waals surface area (Å²) in [6.07, 6.45) is 1.07. The van der Waals surface area contributed by atoms with E-state index < -0.39 is 0 Å². The van der Waals surface area contributed by atoms with Gasteiger partial charge in [0.1, 0.15) is 0 Å². The van der Waals surface area contributed by atoms with Gasteiger partial charge in [0.15, 0.2) is 0 Å². The number of rotatable bonds is 4. The van der Waals surface area contributed by atoms with Crippen molar-refractivity contribution in [2.45, 2.75) is 19.0 Å². The molecule has 7 heteroatoms. The summed E-state index contributed by atoms with van der Waals surface area (Å²) in [6.45, 7) is 1.64. The third-order valence-corrected chi connectivity index (χ3v) is 7.40. The fraction of sp³-hybridized carbons (Fsp3) is 0.200. The molecule has 1 aliphatic rings. The van der Waals surface area contributed by atoms with Crippen LogP contribution >= 0.6 is 38.6 Å². The molecule has 0 bridgehead atoms. The van der Waals surface area contributed by atoms with Gasteiger partial charge < -0.3 is 4.42 Å². The molecule has 0 fully saturated rings. The summed E-state index contributed by atoms with van der Waals surface area (Å²) in [7, 11) is 0. The van der Waals surface area contributed by atoms with Crippen LogP contribution in [-0.2, 0) is 13.0 Å². The van der Waals surface area contributed by atoms with Crippen LogP contribution in [0.4, 0.5) is 0 Å². The van der Waals surface area contributed by atoms with Gasteiger partial charge in [0.25, 0.3) is 0 Å². The minimum atomic E-state index is 0.263. The molecule has 1 aromatic carbocycles. The average Bonchev–Trinajstić information content (AvgIpc) is 3.44. The maximum Gasteiger partial charge on any atom is 0.248 e. The van der Waals surface area contributed by atoms with Gasteiger partial charge in [-0.1, -0.05) is 18.2 Å². The van der Waals surface area contributed by atoms with Gasteiger partial charge in [-0.2, -0.15) is 0 Å². The SMILES string of the molecule is Brc1ccccc1-c1nnc(CN2CCc3sccc3C2c2cccs2)o1. The molecule has 0 saturated carbocycles. The molecule has 1 unspecified atom stereocenters. The van der Waals surface area contributed by atoms with E-state index in [0.717, 1.165) is 23.0 Å². The first-order valence-electron chi connectivity index (χ1n) is 8.70. The largest absolute Gasteiger partial charge is 0.419 e. The van der Waals surface area contributed by atoms with Gasteiger partial charge in [-0.25, -0.2) is 0 Å². The van der Waals surface area contributed by atoms with Gasteiger partial charge in [-0.15, -0.1) is 32.9 Å². The van der Waals surface area contributed by atoms with Crippen molar-refractivity contribution in [3.63, 3.8) is 0 Å². The van der Waals surface area contributed by atoms with Crippen LogP contribution in [0.2, 0.25) is 0 Å². The van der Waals surface area contributed by atoms with Gasteiger partial charge in [-0.05, 0) is 62.9 Å². The van der Waals surface area contributed by atoms with Crippen molar-refractivity contribution >= 4 is 38.6 Å². The van der Waals surface area contributed by atoms with Crippen LogP contribution < -0.4 is 0 Å². The first kappa shape index (κ1) is 17.3. The van der Waals surface area contributed by atoms with Gasteiger partial charge in [-0.3, -0.25) is 4.90 Å². The Balaban J connectivity index is 1.44. The fourth-order valence-corrected chi connectivity index (χ4v) is 5.79. The third kappa shape index (κ3) is 3.29. The molecular weight excluding hydrogens is 442 g/mol. The van der Waals surface area contributed by atoms with Crippen molar-refractivity contribution in [2.24, 2.45) is 0 Å². The Kier molecular flexibility index (Phi) is 4.69. The quantitative estimate of drug-likeness (QED) is 0.390. The lowest BCUT2D eigenvalue weighted by Gasteiger charge is -2.34. The summed E-state index contributed by atoms with van der Waals surface area (Å²) in [5.74, 6) is 1.21. The maximum absolute atomic E-state index is 6.00. The highest BCUT2D eigenvalue weighted by Gasteiger charge is 2.31. The van der Waals surface area contributed by atoms with Crippen molar-refractivity contribution in [1.29, 1.82) is 0 Å². The van der Waals surface area contributed by atoms with Crippen molar-refractivity contribution in [1.82, 2.24) is 15.1 Å². The molecule has 0 spiro atoms. The number of hydrogen-bond donors (Lipinski definition) is 0. The summed E-state index contributed by atoms with van der Waals surface area (Å²) in [4.78, 5) is 5.29. The Morgan fingerprint density at radius 1 is 1.07 bits per heavy atom. The highest BCUT2D eigenvalue weighted by molar-refractivity contribution is 9.10. The lowest BCUT2D eigenvalue weighted by molar-refractivity contribution is 0.189. The van der Waals surface area contributed by atoms with Gasteiger partial charge in [0.2, 0.25) is 11.8 Å². The molecule has 0 radical (unpaired) electrons. The Hall–Kier alpha value is -1.80. The zero-order valence-electron chi connectivity index (χ0n) is 14.3. The fourth-order valence-electron chi connectivity index (χ4n) is 3.55. The van der Waals surface area contributed by atoms with Crippen molar-refractivity contribution in [3.05, 3.63) is 78.9 Å². The number of aromatic nitrogens is 2. The molecule has 5 rings (SSSR count). The Morgan fingerprint density at radius 2 is 2.00 bits per heavy atom. The molecular formula is C20H16BrN3OS2. The zero-order valence-corrected chi connectivity index (χ0v) is 17.6. The molecule has 0 saturated heterocycles. The summed E-state index contributed by atoms with van der Waals surface area (Å²) >= 11 is 7.22. The summed E-state index contributed by atoms with van der Waals surface area (Å²) in [5.41, 5.74) is 2.34. The Labute approximate surface area is 173 Å². The molecule has 0 aliphatic carbocycles. The highest BCUT2D eigenvalue weighted by Crippen LogP contribution is 2.40. The minimum absolute atomic E-state index is 0.263. The van der Waals surface area contributed by atoms with Crippen molar-refractivity contribution < 1.29 is 4.42 Å². The number of hydrogen-bond acceptors (Lipinski definition) is 6. The van der Waals surface area contributed by atoms with Crippen LogP contribution in [0, 0.1) is 0 Å². The lowest BCUT2D eigenvalue weighted by Crippen LogP contribution is -2.34. The maximum atomic E-state index is 6.00. The van der Waals surface area contributed by atoms with E-state index in [4.69, 9.17) is 4.42 Å². The van der Waals surface area contributed by atoms with Crippen LogP contribution in [0.3, 0.4) is 0 Å². The van der Waals surface area contributed by atoms with Gasteiger partial charge >= 0.3 is 0 Å². The average molecular weight is 458 g/mol. The van der Waals surface area contributed by atoms with E-state index >= 15 is 0 Å². The molecule has 27 heavy (non-hydrogen) atoms. The van der Waals surface area contributed by atoms with Crippen LogP contribution in [0.1, 0.15) is 27.3 Å². The Morgan fingerprint density at radius 3 is 2.85 bits per heavy atom. The van der Waals surface area contributed by atoms with Gasteiger partial charge in [0, 0.05) is 20.8 Å². The van der Waals surface area contributed by atoms with Gasteiger partial charge in [0.05, 0.1) is 18.2 Å². The number of thiophene rings is 2. The van der Waals surface area contributed by atoms with E-state index in [0.29, 0.717) is 18.3 Å². The molecule has 4 nitrogen and oxygen atoms in total. The van der Waals surface area contributed by atoms with E-state index in [1.54, 1.807) is 11.3 Å². The second kappa shape index (κ2) is 7.31. The normalized spacial score (nSPS) is 17.1. The molecule has 4 heterocycles. The molecule has 0 N–H and O–H groups in total. The molecule has 1 aliphatic heterocycles. The smallest absolute Gasteiger partial charge is 0.248 e. The van der Waals surface area contributed by atoms with Crippen LogP contribution in [-0.4, -0.2) is 21.6 Å². The van der Waals surface area contributed by atoms with E-state index in [2.05, 4.69) is 60.0 Å². The summed E-state index contributed by atoms with van der Waals surface area (Å²) < 4.78 is 6.96. The molecule has 1 atom stereocenters.